The van der Waals surface area contributed by atoms with Crippen LogP contribution in [0.4, 0.5) is 5.69 Å². The molecule has 7 heteroatoms. The number of carbonyl (C=O) groups is 1. The predicted octanol–water partition coefficient (Wildman–Crippen LogP) is 4.51. The topological polar surface area (TPSA) is 85.2 Å². The molecule has 0 radical (unpaired) electrons. The Morgan fingerprint density at radius 2 is 1.48 bits per heavy atom. The van der Waals surface area contributed by atoms with Gasteiger partial charge in [-0.1, -0.05) is 43.2 Å². The predicted molar refractivity (Wildman–Crippen MR) is 130 cm³/mol. The second-order valence-electron chi connectivity index (χ2n) is 8.48. The summed E-state index contributed by atoms with van der Waals surface area (Å²) in [6.45, 7) is -0.0130. The van der Waals surface area contributed by atoms with Crippen LogP contribution in [0.1, 0.15) is 25.7 Å². The average molecular weight is 461 g/mol. The molecule has 6 nitrogen and oxygen atoms in total. The smallest absolute Gasteiger partial charge is 0.244 e. The first kappa shape index (κ1) is 21.4. The number of pyridine rings is 1. The van der Waals surface area contributed by atoms with Crippen molar-refractivity contribution in [3.63, 3.8) is 0 Å². The van der Waals surface area contributed by atoms with Crippen LogP contribution < -0.4 is 10.7 Å². The third-order valence-electron chi connectivity index (χ3n) is 6.37. The zero-order chi connectivity index (χ0) is 23.0. The Balaban J connectivity index is 1.47. The minimum atomic E-state index is -3.41. The number of amides is 1. The van der Waals surface area contributed by atoms with Crippen molar-refractivity contribution in [3.8, 4) is 0 Å². The first-order valence-corrected chi connectivity index (χ1v) is 12.6. The van der Waals surface area contributed by atoms with Gasteiger partial charge in [0.15, 0.2) is 15.3 Å². The van der Waals surface area contributed by atoms with Crippen molar-refractivity contribution in [3.05, 3.63) is 83.0 Å². The van der Waals surface area contributed by atoms with Crippen molar-refractivity contribution >= 4 is 43.2 Å². The van der Waals surface area contributed by atoms with Gasteiger partial charge in [-0.25, -0.2) is 8.42 Å². The summed E-state index contributed by atoms with van der Waals surface area (Å²) in [5.74, 6) is -0.302. The van der Waals surface area contributed by atoms with Gasteiger partial charge in [-0.05, 0) is 55.3 Å². The molecule has 1 fully saturated rings. The van der Waals surface area contributed by atoms with Gasteiger partial charge in [0.1, 0.15) is 6.54 Å². The third kappa shape index (κ3) is 3.93. The van der Waals surface area contributed by atoms with Crippen molar-refractivity contribution in [2.24, 2.45) is 0 Å². The molecule has 1 saturated carbocycles. The molecule has 33 heavy (non-hydrogen) atoms. The number of rotatable bonds is 5. The maximum atomic E-state index is 13.0. The van der Waals surface area contributed by atoms with E-state index in [2.05, 4.69) is 5.32 Å². The highest BCUT2D eigenvalue weighted by Crippen LogP contribution is 2.30. The first-order chi connectivity index (χ1) is 15.9. The van der Waals surface area contributed by atoms with Crippen LogP contribution in [-0.2, 0) is 21.2 Å². The number of nitrogens with one attached hydrogen (secondary N) is 1. The van der Waals surface area contributed by atoms with Crippen LogP contribution in [0.3, 0.4) is 0 Å². The molecule has 0 bridgehead atoms. The summed E-state index contributed by atoms with van der Waals surface area (Å²) in [4.78, 5) is 26.1. The molecule has 0 atom stereocenters. The number of benzene rings is 3. The van der Waals surface area contributed by atoms with E-state index in [0.717, 1.165) is 12.8 Å². The van der Waals surface area contributed by atoms with Crippen LogP contribution in [0.15, 0.2) is 82.5 Å². The van der Waals surface area contributed by atoms with Crippen molar-refractivity contribution in [2.75, 3.05) is 5.32 Å². The molecule has 3 aromatic carbocycles. The van der Waals surface area contributed by atoms with E-state index in [1.54, 1.807) is 42.5 Å². The van der Waals surface area contributed by atoms with Gasteiger partial charge in [0.05, 0.1) is 21.2 Å². The fraction of sp³-hybridized carbons (Fsp3) is 0.231. The molecule has 1 N–H and O–H groups in total. The van der Waals surface area contributed by atoms with E-state index in [4.69, 9.17) is 0 Å². The number of hydrogen-bond donors (Lipinski definition) is 1. The Labute approximate surface area is 191 Å². The molecule has 0 spiro atoms. The van der Waals surface area contributed by atoms with Crippen molar-refractivity contribution in [1.82, 2.24) is 4.57 Å². The Bertz CT molecular complexity index is 1470. The number of carbonyl (C=O) groups excluding carboxylic acids is 1. The minimum absolute atomic E-state index is 0.0130. The largest absolute Gasteiger partial charge is 0.331 e. The van der Waals surface area contributed by atoms with E-state index in [1.807, 2.05) is 28.8 Å². The van der Waals surface area contributed by atoms with E-state index in [9.17, 15) is 18.0 Å². The molecule has 1 heterocycles. The fourth-order valence-electron chi connectivity index (χ4n) is 4.73. The molecule has 1 amide bonds. The van der Waals surface area contributed by atoms with Gasteiger partial charge in [0.25, 0.3) is 0 Å². The maximum absolute atomic E-state index is 13.0. The molecular formula is C26H24N2O4S. The van der Waals surface area contributed by atoms with Crippen LogP contribution in [0.25, 0.3) is 21.8 Å². The number of aromatic nitrogens is 1. The standard InChI is InChI=1S/C26H24N2O4S/c29-25(27-18-8-7-11-20(16-18)33(31,32)19-9-1-2-10-19)17-28-23-14-5-3-12-21(23)26(30)22-13-4-6-15-24(22)28/h3-8,11-16,19H,1-2,9-10,17H2,(H,27,29). The zero-order valence-corrected chi connectivity index (χ0v) is 18.8. The normalized spacial score (nSPS) is 14.7. The number of fused-ring (bicyclic) bond motifs is 2. The molecule has 168 valence electrons. The maximum Gasteiger partial charge on any atom is 0.244 e. The molecule has 0 aliphatic heterocycles. The summed E-state index contributed by atoms with van der Waals surface area (Å²) in [7, 11) is -3.41. The zero-order valence-electron chi connectivity index (χ0n) is 18.0. The Hall–Kier alpha value is -3.45. The summed E-state index contributed by atoms with van der Waals surface area (Å²) in [6.07, 6.45) is 3.24. The van der Waals surface area contributed by atoms with E-state index in [1.165, 1.54) is 6.07 Å². The lowest BCUT2D eigenvalue weighted by molar-refractivity contribution is -0.116. The lowest BCUT2D eigenvalue weighted by atomic mass is 10.1. The van der Waals surface area contributed by atoms with Gasteiger partial charge in [0, 0.05) is 16.5 Å². The number of anilines is 1. The lowest BCUT2D eigenvalue weighted by Crippen LogP contribution is -2.22. The molecule has 0 unspecified atom stereocenters. The van der Waals surface area contributed by atoms with Crippen molar-refractivity contribution in [2.45, 2.75) is 42.4 Å². The lowest BCUT2D eigenvalue weighted by Gasteiger charge is -2.16. The van der Waals surface area contributed by atoms with E-state index < -0.39 is 9.84 Å². The molecule has 5 rings (SSSR count). The highest BCUT2D eigenvalue weighted by Gasteiger charge is 2.30. The quantitative estimate of drug-likeness (QED) is 0.444. The summed E-state index contributed by atoms with van der Waals surface area (Å²) in [6, 6.07) is 20.9. The van der Waals surface area contributed by atoms with Gasteiger partial charge in [0.2, 0.25) is 5.91 Å². The Morgan fingerprint density at radius 3 is 2.12 bits per heavy atom. The second kappa shape index (κ2) is 8.48. The van der Waals surface area contributed by atoms with Gasteiger partial charge in [-0.2, -0.15) is 0 Å². The molecule has 1 aliphatic rings. The van der Waals surface area contributed by atoms with Gasteiger partial charge in [-0.3, -0.25) is 9.59 Å². The molecule has 0 saturated heterocycles. The number of para-hydroxylation sites is 2. The third-order valence-corrected chi connectivity index (χ3v) is 8.63. The SMILES string of the molecule is O=C(Cn1c2ccccc2c(=O)c2ccccc21)Nc1cccc(S(=O)(=O)C2CCCC2)c1. The molecule has 1 aliphatic carbocycles. The molecule has 4 aromatic rings. The fourth-order valence-corrected chi connectivity index (χ4v) is 6.63. The molecule has 1 aromatic heterocycles. The minimum Gasteiger partial charge on any atom is -0.331 e. The average Bonchev–Trinajstić information content (AvgIpc) is 3.38. The van der Waals surface area contributed by atoms with Crippen molar-refractivity contribution in [1.29, 1.82) is 0 Å². The monoisotopic (exact) mass is 460 g/mol. The Kier molecular flexibility index (Phi) is 5.50. The summed E-state index contributed by atoms with van der Waals surface area (Å²) >= 11 is 0. The first-order valence-electron chi connectivity index (χ1n) is 11.1. The van der Waals surface area contributed by atoms with Crippen LogP contribution in [0.2, 0.25) is 0 Å². The van der Waals surface area contributed by atoms with Crippen LogP contribution in [0.5, 0.6) is 0 Å². The van der Waals surface area contributed by atoms with E-state index in [-0.39, 0.29) is 28.0 Å². The Morgan fingerprint density at radius 1 is 0.879 bits per heavy atom. The van der Waals surface area contributed by atoms with Gasteiger partial charge < -0.3 is 9.88 Å². The number of hydrogen-bond acceptors (Lipinski definition) is 4. The van der Waals surface area contributed by atoms with Gasteiger partial charge in [-0.15, -0.1) is 0 Å². The summed E-state index contributed by atoms with van der Waals surface area (Å²) in [5, 5.41) is 3.59. The van der Waals surface area contributed by atoms with Gasteiger partial charge >= 0.3 is 0 Å². The second-order valence-corrected chi connectivity index (χ2v) is 10.7. The molecular weight excluding hydrogens is 436 g/mol. The highest BCUT2D eigenvalue weighted by atomic mass is 32.2. The summed E-state index contributed by atoms with van der Waals surface area (Å²) < 4.78 is 27.7. The van der Waals surface area contributed by atoms with Crippen LogP contribution in [0, 0.1) is 0 Å². The summed E-state index contributed by atoms with van der Waals surface area (Å²) in [5.41, 5.74) is 1.72. The van der Waals surface area contributed by atoms with E-state index >= 15 is 0 Å². The highest BCUT2D eigenvalue weighted by molar-refractivity contribution is 7.92. The number of nitrogens with zero attached hydrogens (tertiary/aromatic N) is 1. The van der Waals surface area contributed by atoms with E-state index in [0.29, 0.717) is 40.3 Å². The van der Waals surface area contributed by atoms with Crippen molar-refractivity contribution < 1.29 is 13.2 Å². The van der Waals surface area contributed by atoms with Crippen LogP contribution >= 0.6 is 0 Å². The van der Waals surface area contributed by atoms with Crippen LogP contribution in [-0.4, -0.2) is 24.1 Å². The number of sulfone groups is 1.